The highest BCUT2D eigenvalue weighted by atomic mass is 32.2. The standard InChI is InChI=1S/C22H28N4O4S2/c23-17-5-1-15(2-6-17)9-25-19-11-31(27,28)13-21(19)26(10-16-3-7-18(24)8-4-16)22-14-32(29,30)12-20(22)25/h1-8,19-22H,9-14,23-24H2/t19-,20-,21-,22+/m0/s1. The zero-order chi connectivity index (χ0) is 22.7. The number of fused-ring (bicyclic) bond motifs is 2. The summed E-state index contributed by atoms with van der Waals surface area (Å²) in [7, 11) is -6.45. The van der Waals surface area contributed by atoms with Gasteiger partial charge in [-0.25, -0.2) is 16.8 Å². The van der Waals surface area contributed by atoms with Crippen LogP contribution in [0.15, 0.2) is 48.5 Å². The molecule has 8 nitrogen and oxygen atoms in total. The van der Waals surface area contributed by atoms with E-state index in [-0.39, 0.29) is 47.2 Å². The molecule has 0 unspecified atom stereocenters. The highest BCUT2D eigenvalue weighted by Crippen LogP contribution is 2.39. The van der Waals surface area contributed by atoms with Crippen LogP contribution in [0.4, 0.5) is 11.4 Å². The van der Waals surface area contributed by atoms with Crippen LogP contribution in [-0.4, -0.2) is 73.8 Å². The molecular weight excluding hydrogens is 448 g/mol. The fraction of sp³-hybridized carbons (Fsp3) is 0.455. The SMILES string of the molecule is Nc1ccc(CN2[C@@H]3CS(=O)(=O)C[C@@H]3N(Cc3ccc(N)cc3)[C@H]3CS(=O)(=O)C[C@@H]32)cc1. The van der Waals surface area contributed by atoms with Crippen molar-refractivity contribution in [3.05, 3.63) is 59.7 Å². The number of sulfone groups is 2. The Kier molecular flexibility index (Phi) is 5.23. The van der Waals surface area contributed by atoms with Crippen molar-refractivity contribution in [3.63, 3.8) is 0 Å². The summed E-state index contributed by atoms with van der Waals surface area (Å²) in [6.45, 7) is 1.01. The maximum atomic E-state index is 12.7. The van der Waals surface area contributed by atoms with Crippen molar-refractivity contribution in [2.75, 3.05) is 34.5 Å². The Morgan fingerprint density at radius 3 is 1.16 bits per heavy atom. The van der Waals surface area contributed by atoms with E-state index in [4.69, 9.17) is 11.5 Å². The van der Waals surface area contributed by atoms with Crippen molar-refractivity contribution in [2.24, 2.45) is 0 Å². The Balaban J connectivity index is 1.53. The molecule has 0 aromatic heterocycles. The summed E-state index contributed by atoms with van der Waals surface area (Å²) >= 11 is 0. The summed E-state index contributed by atoms with van der Waals surface area (Å²) in [4.78, 5) is 4.27. The number of anilines is 2. The summed E-state index contributed by atoms with van der Waals surface area (Å²) in [5.74, 6) is 0.199. The molecule has 0 amide bonds. The van der Waals surface area contributed by atoms with Gasteiger partial charge in [-0.3, -0.25) is 9.80 Å². The molecule has 10 heteroatoms. The zero-order valence-electron chi connectivity index (χ0n) is 17.7. The van der Waals surface area contributed by atoms with Gasteiger partial charge < -0.3 is 11.5 Å². The van der Waals surface area contributed by atoms with E-state index >= 15 is 0 Å². The van der Waals surface area contributed by atoms with E-state index < -0.39 is 19.7 Å². The molecule has 0 spiro atoms. The number of rotatable bonds is 4. The van der Waals surface area contributed by atoms with E-state index in [1.54, 1.807) is 0 Å². The van der Waals surface area contributed by atoms with E-state index in [1.807, 2.05) is 48.5 Å². The first-order valence-electron chi connectivity index (χ1n) is 10.7. The van der Waals surface area contributed by atoms with Gasteiger partial charge in [0, 0.05) is 48.6 Å². The minimum Gasteiger partial charge on any atom is -0.399 e. The molecule has 32 heavy (non-hydrogen) atoms. The quantitative estimate of drug-likeness (QED) is 0.611. The highest BCUT2D eigenvalue weighted by Gasteiger charge is 2.57. The number of nitrogens with zero attached hydrogens (tertiary/aromatic N) is 2. The van der Waals surface area contributed by atoms with Crippen molar-refractivity contribution in [1.29, 1.82) is 0 Å². The Labute approximate surface area is 189 Å². The summed E-state index contributed by atoms with van der Waals surface area (Å²) in [6.07, 6.45) is 0. The number of piperazine rings is 1. The van der Waals surface area contributed by atoms with Crippen LogP contribution in [0.3, 0.4) is 0 Å². The summed E-state index contributed by atoms with van der Waals surface area (Å²) in [5.41, 5.74) is 14.9. The zero-order valence-corrected chi connectivity index (χ0v) is 19.3. The van der Waals surface area contributed by atoms with Gasteiger partial charge in [-0.1, -0.05) is 24.3 Å². The van der Waals surface area contributed by atoms with Crippen molar-refractivity contribution in [2.45, 2.75) is 37.3 Å². The maximum absolute atomic E-state index is 12.7. The van der Waals surface area contributed by atoms with Crippen molar-refractivity contribution in [1.82, 2.24) is 9.80 Å². The van der Waals surface area contributed by atoms with Gasteiger partial charge in [-0.05, 0) is 35.4 Å². The summed E-state index contributed by atoms with van der Waals surface area (Å²) in [6, 6.07) is 14.0. The third kappa shape index (κ3) is 4.12. The van der Waals surface area contributed by atoms with E-state index in [2.05, 4.69) is 9.80 Å². The number of nitrogen functional groups attached to an aromatic ring is 2. The molecule has 3 saturated heterocycles. The summed E-state index contributed by atoms with van der Waals surface area (Å²) in [5, 5.41) is 0. The topological polar surface area (TPSA) is 127 Å². The predicted molar refractivity (Wildman–Crippen MR) is 125 cm³/mol. The molecular formula is C22H28N4O4S2. The lowest BCUT2D eigenvalue weighted by atomic mass is 9.93. The lowest BCUT2D eigenvalue weighted by Gasteiger charge is -2.51. The van der Waals surface area contributed by atoms with Gasteiger partial charge in [-0.15, -0.1) is 0 Å². The van der Waals surface area contributed by atoms with Crippen LogP contribution >= 0.6 is 0 Å². The second-order valence-electron chi connectivity index (χ2n) is 9.25. The molecule has 2 aromatic carbocycles. The maximum Gasteiger partial charge on any atom is 0.153 e. The van der Waals surface area contributed by atoms with Gasteiger partial charge in [0.25, 0.3) is 0 Å². The van der Waals surface area contributed by atoms with E-state index in [9.17, 15) is 16.8 Å². The van der Waals surface area contributed by atoms with Crippen LogP contribution in [0.25, 0.3) is 0 Å². The Hall–Kier alpha value is -2.14. The van der Waals surface area contributed by atoms with Crippen LogP contribution in [-0.2, 0) is 32.8 Å². The normalized spacial score (nSPS) is 31.2. The third-order valence-corrected chi connectivity index (χ3v) is 10.4. The first kappa shape index (κ1) is 21.7. The molecule has 3 aliphatic heterocycles. The van der Waals surface area contributed by atoms with E-state index in [0.717, 1.165) is 11.1 Å². The molecule has 4 atom stereocenters. The first-order valence-corrected chi connectivity index (χ1v) is 14.4. The van der Waals surface area contributed by atoms with Gasteiger partial charge in [-0.2, -0.15) is 0 Å². The number of hydrogen-bond acceptors (Lipinski definition) is 8. The minimum atomic E-state index is -3.23. The van der Waals surface area contributed by atoms with Gasteiger partial charge in [0.1, 0.15) is 0 Å². The Morgan fingerprint density at radius 1 is 0.594 bits per heavy atom. The molecule has 0 bridgehead atoms. The molecule has 3 aliphatic rings. The molecule has 2 aromatic rings. The van der Waals surface area contributed by atoms with Crippen molar-refractivity contribution in [3.8, 4) is 0 Å². The molecule has 5 rings (SSSR count). The van der Waals surface area contributed by atoms with Crippen LogP contribution < -0.4 is 11.5 Å². The molecule has 0 saturated carbocycles. The monoisotopic (exact) mass is 476 g/mol. The second-order valence-corrected chi connectivity index (χ2v) is 13.6. The summed E-state index contributed by atoms with van der Waals surface area (Å²) < 4.78 is 50.9. The van der Waals surface area contributed by atoms with Crippen LogP contribution in [0.1, 0.15) is 11.1 Å². The fourth-order valence-electron chi connectivity index (χ4n) is 5.52. The van der Waals surface area contributed by atoms with Crippen molar-refractivity contribution < 1.29 is 16.8 Å². The number of hydrogen-bond donors (Lipinski definition) is 2. The van der Waals surface area contributed by atoms with Crippen LogP contribution in [0, 0.1) is 0 Å². The van der Waals surface area contributed by atoms with Crippen LogP contribution in [0.2, 0.25) is 0 Å². The molecule has 172 valence electrons. The smallest absolute Gasteiger partial charge is 0.153 e. The van der Waals surface area contributed by atoms with Gasteiger partial charge in [0.15, 0.2) is 19.7 Å². The number of nitrogens with two attached hydrogens (primary N) is 2. The fourth-order valence-corrected chi connectivity index (χ4v) is 9.52. The average molecular weight is 477 g/mol. The van der Waals surface area contributed by atoms with Gasteiger partial charge in [0.05, 0.1) is 23.0 Å². The highest BCUT2D eigenvalue weighted by molar-refractivity contribution is 7.92. The lowest BCUT2D eigenvalue weighted by Crippen LogP contribution is -2.67. The second kappa shape index (κ2) is 7.72. The van der Waals surface area contributed by atoms with Gasteiger partial charge in [0.2, 0.25) is 0 Å². The Bertz CT molecular complexity index is 1080. The first-order chi connectivity index (χ1) is 15.1. The van der Waals surface area contributed by atoms with Gasteiger partial charge >= 0.3 is 0 Å². The lowest BCUT2D eigenvalue weighted by molar-refractivity contribution is -0.0341. The Morgan fingerprint density at radius 2 is 0.875 bits per heavy atom. The van der Waals surface area contributed by atoms with E-state index in [1.165, 1.54) is 0 Å². The molecule has 4 N–H and O–H groups in total. The minimum absolute atomic E-state index is 0.0497. The third-order valence-electron chi connectivity index (χ3n) is 6.98. The molecule has 0 radical (unpaired) electrons. The van der Waals surface area contributed by atoms with E-state index in [0.29, 0.717) is 24.5 Å². The van der Waals surface area contributed by atoms with Crippen molar-refractivity contribution >= 4 is 31.0 Å². The predicted octanol–water partition coefficient (Wildman–Crippen LogP) is 0.500. The molecule has 0 aliphatic carbocycles. The van der Waals surface area contributed by atoms with Crippen LogP contribution in [0.5, 0.6) is 0 Å². The number of benzene rings is 2. The largest absolute Gasteiger partial charge is 0.399 e. The molecule has 3 fully saturated rings. The average Bonchev–Trinajstić information content (AvgIpc) is 3.22. The molecule has 3 heterocycles.